The van der Waals surface area contributed by atoms with E-state index in [-0.39, 0.29) is 11.8 Å². The highest BCUT2D eigenvalue weighted by Gasteiger charge is 2.37. The van der Waals surface area contributed by atoms with Crippen molar-refractivity contribution in [3.8, 4) is 6.07 Å². The van der Waals surface area contributed by atoms with Crippen molar-refractivity contribution in [3.05, 3.63) is 0 Å². The molecule has 0 aromatic carbocycles. The molecule has 1 atom stereocenters. The highest BCUT2D eigenvalue weighted by Crippen LogP contribution is 2.18. The molecule has 102 valence electrons. The van der Waals surface area contributed by atoms with E-state index in [1.165, 1.54) is 0 Å². The Morgan fingerprint density at radius 1 is 1.50 bits per heavy atom. The molecule has 0 spiro atoms. The van der Waals surface area contributed by atoms with E-state index in [0.29, 0.717) is 6.54 Å². The van der Waals surface area contributed by atoms with Crippen LogP contribution in [0.3, 0.4) is 0 Å². The monoisotopic (exact) mass is 252 g/mol. The van der Waals surface area contributed by atoms with Gasteiger partial charge in [0.1, 0.15) is 0 Å². The topological polar surface area (TPSA) is 59.4 Å². The van der Waals surface area contributed by atoms with Crippen LogP contribution in [0.5, 0.6) is 0 Å². The van der Waals surface area contributed by atoms with Crippen LogP contribution in [0.15, 0.2) is 0 Å². The molecule has 1 aliphatic rings. The molecule has 0 aromatic rings. The van der Waals surface area contributed by atoms with E-state index < -0.39 is 5.54 Å². The summed E-state index contributed by atoms with van der Waals surface area (Å²) in [5, 5.41) is 12.1. The minimum absolute atomic E-state index is 0.0894. The standard InChI is InChI=1S/C13H24N4O/c1-11(9-14)10-16(4)12(18)13(2,3)17-7-5-15-6-8-17/h11,15H,5-8,10H2,1-4H3. The maximum absolute atomic E-state index is 12.5. The van der Waals surface area contributed by atoms with Crippen LogP contribution in [-0.2, 0) is 4.79 Å². The number of hydrogen-bond acceptors (Lipinski definition) is 4. The minimum Gasteiger partial charge on any atom is -0.343 e. The molecule has 0 radical (unpaired) electrons. The van der Waals surface area contributed by atoms with Gasteiger partial charge < -0.3 is 10.2 Å². The van der Waals surface area contributed by atoms with Gasteiger partial charge in [-0.2, -0.15) is 5.26 Å². The lowest BCUT2D eigenvalue weighted by Gasteiger charge is -2.41. The zero-order valence-electron chi connectivity index (χ0n) is 11.9. The molecule has 5 heteroatoms. The van der Waals surface area contributed by atoms with E-state index in [4.69, 9.17) is 5.26 Å². The van der Waals surface area contributed by atoms with E-state index in [2.05, 4.69) is 16.3 Å². The Morgan fingerprint density at radius 3 is 2.56 bits per heavy atom. The van der Waals surface area contributed by atoms with Crippen LogP contribution >= 0.6 is 0 Å². The van der Waals surface area contributed by atoms with Crippen LogP contribution in [0, 0.1) is 17.2 Å². The normalized spacial score (nSPS) is 19.1. The first kappa shape index (κ1) is 14.9. The van der Waals surface area contributed by atoms with Gasteiger partial charge in [0.2, 0.25) is 5.91 Å². The van der Waals surface area contributed by atoms with Crippen molar-refractivity contribution in [1.82, 2.24) is 15.1 Å². The van der Waals surface area contributed by atoms with Gasteiger partial charge in [-0.1, -0.05) is 0 Å². The Morgan fingerprint density at radius 2 is 2.06 bits per heavy atom. The quantitative estimate of drug-likeness (QED) is 0.781. The Kier molecular flexibility index (Phi) is 5.12. The lowest BCUT2D eigenvalue weighted by Crippen LogP contribution is -2.60. The molecule has 0 bridgehead atoms. The third kappa shape index (κ3) is 3.44. The van der Waals surface area contributed by atoms with Gasteiger partial charge in [-0.05, 0) is 20.8 Å². The molecule has 1 N–H and O–H groups in total. The number of nitrogens with one attached hydrogen (secondary N) is 1. The summed E-state index contributed by atoms with van der Waals surface area (Å²) >= 11 is 0. The summed E-state index contributed by atoms with van der Waals surface area (Å²) in [5.74, 6) is -0.0377. The highest BCUT2D eigenvalue weighted by atomic mass is 16.2. The summed E-state index contributed by atoms with van der Waals surface area (Å²) in [4.78, 5) is 16.4. The largest absolute Gasteiger partial charge is 0.343 e. The van der Waals surface area contributed by atoms with Crippen molar-refractivity contribution < 1.29 is 4.79 Å². The van der Waals surface area contributed by atoms with Crippen LogP contribution < -0.4 is 5.32 Å². The third-order valence-electron chi connectivity index (χ3n) is 3.55. The number of hydrogen-bond donors (Lipinski definition) is 1. The first-order valence-corrected chi connectivity index (χ1v) is 6.50. The van der Waals surface area contributed by atoms with Gasteiger partial charge in [0.05, 0.1) is 17.5 Å². The number of piperazine rings is 1. The van der Waals surface area contributed by atoms with Crippen molar-refractivity contribution in [1.29, 1.82) is 5.26 Å². The van der Waals surface area contributed by atoms with Crippen molar-refractivity contribution in [3.63, 3.8) is 0 Å². The molecule has 1 aliphatic heterocycles. The Bertz CT molecular complexity index is 328. The fourth-order valence-electron chi connectivity index (χ4n) is 2.36. The van der Waals surface area contributed by atoms with Crippen LogP contribution in [0.2, 0.25) is 0 Å². The van der Waals surface area contributed by atoms with Gasteiger partial charge in [0.15, 0.2) is 0 Å². The Balaban J connectivity index is 2.65. The first-order chi connectivity index (χ1) is 8.39. The zero-order chi connectivity index (χ0) is 13.8. The Labute approximate surface area is 110 Å². The minimum atomic E-state index is -0.494. The third-order valence-corrected chi connectivity index (χ3v) is 3.55. The second-order valence-corrected chi connectivity index (χ2v) is 5.51. The second kappa shape index (κ2) is 6.17. The zero-order valence-corrected chi connectivity index (χ0v) is 11.9. The molecule has 1 fully saturated rings. The van der Waals surface area contributed by atoms with Gasteiger partial charge in [-0.3, -0.25) is 9.69 Å². The average Bonchev–Trinajstić information content (AvgIpc) is 2.38. The van der Waals surface area contributed by atoms with Crippen molar-refractivity contribution >= 4 is 5.91 Å². The molecule has 1 heterocycles. The molecule has 5 nitrogen and oxygen atoms in total. The molecule has 1 amide bonds. The second-order valence-electron chi connectivity index (χ2n) is 5.51. The van der Waals surface area contributed by atoms with Gasteiger partial charge in [-0.25, -0.2) is 0 Å². The summed E-state index contributed by atoms with van der Waals surface area (Å²) < 4.78 is 0. The smallest absolute Gasteiger partial charge is 0.242 e. The molecule has 0 aliphatic carbocycles. The summed E-state index contributed by atoms with van der Waals surface area (Å²) in [6, 6.07) is 2.16. The van der Waals surface area contributed by atoms with E-state index in [1.807, 2.05) is 20.8 Å². The summed E-state index contributed by atoms with van der Waals surface area (Å²) in [6.45, 7) is 9.89. The number of likely N-dealkylation sites (N-methyl/N-ethyl adjacent to an activating group) is 1. The number of amides is 1. The highest BCUT2D eigenvalue weighted by molar-refractivity contribution is 5.85. The van der Waals surface area contributed by atoms with Gasteiger partial charge in [-0.15, -0.1) is 0 Å². The fourth-order valence-corrected chi connectivity index (χ4v) is 2.36. The number of rotatable bonds is 4. The van der Waals surface area contributed by atoms with E-state index in [9.17, 15) is 4.79 Å². The maximum Gasteiger partial charge on any atom is 0.242 e. The molecular formula is C13H24N4O. The predicted molar refractivity (Wildman–Crippen MR) is 70.9 cm³/mol. The van der Waals surface area contributed by atoms with Crippen LogP contribution in [0.25, 0.3) is 0 Å². The number of carbonyl (C=O) groups is 1. The number of nitriles is 1. The van der Waals surface area contributed by atoms with E-state index >= 15 is 0 Å². The molecule has 1 saturated heterocycles. The first-order valence-electron chi connectivity index (χ1n) is 6.50. The molecule has 1 unspecified atom stereocenters. The fraction of sp³-hybridized carbons (Fsp3) is 0.846. The maximum atomic E-state index is 12.5. The van der Waals surface area contributed by atoms with Gasteiger partial charge in [0.25, 0.3) is 0 Å². The van der Waals surface area contributed by atoms with Crippen molar-refractivity contribution in [2.24, 2.45) is 5.92 Å². The van der Waals surface area contributed by atoms with Crippen LogP contribution in [0.4, 0.5) is 0 Å². The number of carbonyl (C=O) groups excluding carboxylic acids is 1. The van der Waals surface area contributed by atoms with Crippen molar-refractivity contribution in [2.75, 3.05) is 39.8 Å². The lowest BCUT2D eigenvalue weighted by atomic mass is 9.99. The molecule has 1 rings (SSSR count). The summed E-state index contributed by atoms with van der Waals surface area (Å²) in [7, 11) is 1.78. The van der Waals surface area contributed by atoms with E-state index in [1.54, 1.807) is 11.9 Å². The Hall–Kier alpha value is -1.12. The number of nitrogens with zero attached hydrogens (tertiary/aromatic N) is 3. The summed E-state index contributed by atoms with van der Waals surface area (Å²) in [5.41, 5.74) is -0.494. The van der Waals surface area contributed by atoms with Crippen molar-refractivity contribution in [2.45, 2.75) is 26.3 Å². The predicted octanol–water partition coefficient (Wildman–Crippen LogP) is 0.288. The van der Waals surface area contributed by atoms with Gasteiger partial charge >= 0.3 is 0 Å². The van der Waals surface area contributed by atoms with Gasteiger partial charge in [0, 0.05) is 39.8 Å². The lowest BCUT2D eigenvalue weighted by molar-refractivity contribution is -0.142. The SMILES string of the molecule is CC(C#N)CN(C)C(=O)C(C)(C)N1CCNCC1. The molecular weight excluding hydrogens is 228 g/mol. The van der Waals surface area contributed by atoms with E-state index in [0.717, 1.165) is 26.2 Å². The molecule has 0 aromatic heterocycles. The summed E-state index contributed by atoms with van der Waals surface area (Å²) in [6.07, 6.45) is 0. The molecule has 0 saturated carbocycles. The average molecular weight is 252 g/mol. The van der Waals surface area contributed by atoms with Crippen LogP contribution in [0.1, 0.15) is 20.8 Å². The molecule has 18 heavy (non-hydrogen) atoms. The van der Waals surface area contributed by atoms with Crippen LogP contribution in [-0.4, -0.2) is 61.0 Å².